The number of oxime groups is 1. The van der Waals surface area contributed by atoms with Gasteiger partial charge in [-0.1, -0.05) is 5.16 Å². The van der Waals surface area contributed by atoms with Gasteiger partial charge >= 0.3 is 0 Å². The molecule has 1 atom stereocenters. The Balaban J connectivity index is 1.35. The van der Waals surface area contributed by atoms with Crippen LogP contribution in [0.4, 0.5) is 5.82 Å². The lowest BCUT2D eigenvalue weighted by Gasteiger charge is -2.22. The lowest BCUT2D eigenvalue weighted by Crippen LogP contribution is -2.37. The maximum absolute atomic E-state index is 12.3. The van der Waals surface area contributed by atoms with E-state index in [0.717, 1.165) is 18.8 Å². The van der Waals surface area contributed by atoms with Gasteiger partial charge in [-0.15, -0.1) is 0 Å². The monoisotopic (exact) mass is 351 g/mol. The number of rotatable bonds is 4. The molecule has 0 radical (unpaired) electrons. The van der Waals surface area contributed by atoms with Crippen LogP contribution >= 0.6 is 0 Å². The van der Waals surface area contributed by atoms with Crippen LogP contribution < -0.4 is 10.2 Å². The Labute approximate surface area is 150 Å². The number of amides is 1. The Morgan fingerprint density at radius 2 is 2.35 bits per heavy atom. The van der Waals surface area contributed by atoms with Crippen molar-refractivity contribution in [2.75, 3.05) is 18.0 Å². The molecular formula is C18H17N5O3. The molecule has 1 fully saturated rings. The molecule has 1 spiro atoms. The van der Waals surface area contributed by atoms with Gasteiger partial charge in [-0.3, -0.25) is 4.79 Å². The Morgan fingerprint density at radius 1 is 1.42 bits per heavy atom. The Hall–Kier alpha value is -3.34. The van der Waals surface area contributed by atoms with Crippen LogP contribution in [0.25, 0.3) is 0 Å². The molecule has 4 heterocycles. The van der Waals surface area contributed by atoms with Gasteiger partial charge < -0.3 is 19.5 Å². The number of hydrogen-bond acceptors (Lipinski definition) is 7. The summed E-state index contributed by atoms with van der Waals surface area (Å²) in [5.74, 6) is 1.24. The SMILES string of the molecule is N#Cc1ccc(N2CC[C@]3(CC(C(=O)NCc4ccco4)=NO3)C2)nc1. The molecule has 2 aliphatic heterocycles. The second-order valence-corrected chi connectivity index (χ2v) is 6.44. The molecule has 4 rings (SSSR count). The number of nitrogens with zero attached hydrogens (tertiary/aromatic N) is 4. The third-order valence-corrected chi connectivity index (χ3v) is 4.62. The van der Waals surface area contributed by atoms with Crippen molar-refractivity contribution in [1.82, 2.24) is 10.3 Å². The lowest BCUT2D eigenvalue weighted by molar-refractivity contribution is -0.115. The summed E-state index contributed by atoms with van der Waals surface area (Å²) in [5.41, 5.74) is 0.428. The molecule has 0 aliphatic carbocycles. The summed E-state index contributed by atoms with van der Waals surface area (Å²) >= 11 is 0. The van der Waals surface area contributed by atoms with Crippen LogP contribution in [0.2, 0.25) is 0 Å². The van der Waals surface area contributed by atoms with Crippen molar-refractivity contribution >= 4 is 17.4 Å². The average Bonchev–Trinajstić information content (AvgIpc) is 3.42. The largest absolute Gasteiger partial charge is 0.467 e. The topological polar surface area (TPSA) is 104 Å². The van der Waals surface area contributed by atoms with Crippen LogP contribution in [0.5, 0.6) is 0 Å². The zero-order chi connectivity index (χ0) is 18.0. The van der Waals surface area contributed by atoms with Gasteiger partial charge in [0.15, 0.2) is 5.60 Å². The van der Waals surface area contributed by atoms with E-state index >= 15 is 0 Å². The average molecular weight is 351 g/mol. The number of nitrogens with one attached hydrogen (secondary N) is 1. The Kier molecular flexibility index (Phi) is 4.05. The van der Waals surface area contributed by atoms with E-state index in [2.05, 4.69) is 26.4 Å². The zero-order valence-electron chi connectivity index (χ0n) is 14.0. The molecule has 2 aliphatic rings. The van der Waals surface area contributed by atoms with Crippen LogP contribution in [0.1, 0.15) is 24.2 Å². The second-order valence-electron chi connectivity index (χ2n) is 6.44. The van der Waals surface area contributed by atoms with Crippen LogP contribution in [-0.4, -0.2) is 35.3 Å². The van der Waals surface area contributed by atoms with Crippen LogP contribution in [-0.2, 0) is 16.2 Å². The van der Waals surface area contributed by atoms with E-state index in [1.54, 1.807) is 30.7 Å². The molecule has 0 bridgehead atoms. The number of furan rings is 1. The highest BCUT2D eigenvalue weighted by atomic mass is 16.7. The first-order valence-electron chi connectivity index (χ1n) is 8.34. The molecule has 8 heteroatoms. The molecule has 2 aromatic rings. The van der Waals surface area contributed by atoms with Gasteiger partial charge in [-0.25, -0.2) is 4.98 Å². The van der Waals surface area contributed by atoms with Gasteiger partial charge in [0.05, 0.1) is 24.9 Å². The van der Waals surface area contributed by atoms with Crippen LogP contribution in [0.15, 0.2) is 46.3 Å². The zero-order valence-corrected chi connectivity index (χ0v) is 14.0. The predicted octanol–water partition coefficient (Wildman–Crippen LogP) is 1.59. The standard InChI is InChI=1S/C18H17N5O3/c19-9-13-3-4-16(20-10-13)23-6-5-18(12-23)8-15(22-26-18)17(24)21-11-14-2-1-7-25-14/h1-4,7,10H,5-6,8,11-12H2,(H,21,24)/t18-/m0/s1. The van der Waals surface area contributed by atoms with E-state index in [-0.39, 0.29) is 5.91 Å². The van der Waals surface area contributed by atoms with Crippen molar-refractivity contribution in [2.45, 2.75) is 25.0 Å². The van der Waals surface area contributed by atoms with E-state index < -0.39 is 5.60 Å². The van der Waals surface area contributed by atoms with Gasteiger partial charge in [0.2, 0.25) is 0 Å². The number of aromatic nitrogens is 1. The summed E-state index contributed by atoms with van der Waals surface area (Å²) in [7, 11) is 0. The van der Waals surface area contributed by atoms with E-state index in [1.165, 1.54) is 0 Å². The molecular weight excluding hydrogens is 334 g/mol. The van der Waals surface area contributed by atoms with Crippen LogP contribution in [0.3, 0.4) is 0 Å². The molecule has 26 heavy (non-hydrogen) atoms. The van der Waals surface area contributed by atoms with Crippen molar-refractivity contribution in [3.63, 3.8) is 0 Å². The first kappa shape index (κ1) is 16.1. The number of hydrogen-bond donors (Lipinski definition) is 1. The predicted molar refractivity (Wildman–Crippen MR) is 92.2 cm³/mol. The third-order valence-electron chi connectivity index (χ3n) is 4.62. The third kappa shape index (κ3) is 3.11. The second kappa shape index (κ2) is 6.52. The molecule has 132 valence electrons. The molecule has 0 aromatic carbocycles. The molecule has 1 saturated heterocycles. The summed E-state index contributed by atoms with van der Waals surface area (Å²) in [6.45, 7) is 1.68. The van der Waals surface area contributed by atoms with Crippen molar-refractivity contribution in [3.8, 4) is 6.07 Å². The van der Waals surface area contributed by atoms with Crippen molar-refractivity contribution in [3.05, 3.63) is 48.0 Å². The van der Waals surface area contributed by atoms with Gasteiger partial charge in [-0.2, -0.15) is 5.26 Å². The first-order chi connectivity index (χ1) is 12.7. The van der Waals surface area contributed by atoms with Crippen molar-refractivity contribution in [1.29, 1.82) is 5.26 Å². The molecule has 8 nitrogen and oxygen atoms in total. The quantitative estimate of drug-likeness (QED) is 0.897. The highest BCUT2D eigenvalue weighted by Crippen LogP contribution is 2.35. The van der Waals surface area contributed by atoms with E-state index in [9.17, 15) is 4.79 Å². The normalized spacial score (nSPS) is 21.3. The van der Waals surface area contributed by atoms with E-state index in [1.807, 2.05) is 6.07 Å². The molecule has 2 aromatic heterocycles. The fourth-order valence-electron chi connectivity index (χ4n) is 3.22. The van der Waals surface area contributed by atoms with Gasteiger partial charge in [0, 0.05) is 25.6 Å². The minimum absolute atomic E-state index is 0.242. The Morgan fingerprint density at radius 3 is 3.08 bits per heavy atom. The van der Waals surface area contributed by atoms with E-state index in [4.69, 9.17) is 14.5 Å². The molecule has 1 N–H and O–H groups in total. The molecule has 0 saturated carbocycles. The summed E-state index contributed by atoms with van der Waals surface area (Å²) in [6.07, 6.45) is 4.34. The molecule has 1 amide bonds. The highest BCUT2D eigenvalue weighted by molar-refractivity contribution is 6.39. The fraction of sp³-hybridized carbons (Fsp3) is 0.333. The van der Waals surface area contributed by atoms with Crippen molar-refractivity contribution < 1.29 is 14.0 Å². The number of carbonyl (C=O) groups excluding carboxylic acids is 1. The fourth-order valence-corrected chi connectivity index (χ4v) is 3.22. The maximum atomic E-state index is 12.3. The summed E-state index contributed by atoms with van der Waals surface area (Å²) in [4.78, 5) is 24.3. The number of pyridine rings is 1. The summed E-state index contributed by atoms with van der Waals surface area (Å²) < 4.78 is 5.20. The number of anilines is 1. The van der Waals surface area contributed by atoms with Gasteiger partial charge in [-0.05, 0) is 24.3 Å². The Bertz CT molecular complexity index is 869. The lowest BCUT2D eigenvalue weighted by atomic mass is 9.96. The minimum atomic E-state index is -0.493. The summed E-state index contributed by atoms with van der Waals surface area (Å²) in [6, 6.07) is 9.20. The van der Waals surface area contributed by atoms with Gasteiger partial charge in [0.25, 0.3) is 5.91 Å². The van der Waals surface area contributed by atoms with Crippen LogP contribution in [0, 0.1) is 11.3 Å². The smallest absolute Gasteiger partial charge is 0.269 e. The summed E-state index contributed by atoms with van der Waals surface area (Å²) in [5, 5.41) is 15.7. The van der Waals surface area contributed by atoms with E-state index in [0.29, 0.717) is 36.5 Å². The molecule has 0 unspecified atom stereocenters. The minimum Gasteiger partial charge on any atom is -0.467 e. The van der Waals surface area contributed by atoms with Crippen molar-refractivity contribution in [2.24, 2.45) is 5.16 Å². The number of nitriles is 1. The first-order valence-corrected chi connectivity index (χ1v) is 8.34. The van der Waals surface area contributed by atoms with Gasteiger partial charge in [0.1, 0.15) is 23.4 Å². The number of carbonyl (C=O) groups is 1. The highest BCUT2D eigenvalue weighted by Gasteiger charge is 2.47. The maximum Gasteiger partial charge on any atom is 0.269 e.